The van der Waals surface area contributed by atoms with Gasteiger partial charge in [0.05, 0.1) is 10.6 Å². The van der Waals surface area contributed by atoms with Crippen molar-refractivity contribution in [3.8, 4) is 5.69 Å². The van der Waals surface area contributed by atoms with Crippen molar-refractivity contribution in [2.45, 2.75) is 4.90 Å². The van der Waals surface area contributed by atoms with E-state index in [2.05, 4.69) is 10.2 Å². The summed E-state index contributed by atoms with van der Waals surface area (Å²) in [7, 11) is -4.70. The SMILES string of the molecule is O=S(=O)([O-])c1cc(-n2nc3ccc4ccccc4c3n2)ccc1/C=C/c1ccccc1.[Na+]. The van der Waals surface area contributed by atoms with Crippen LogP contribution in [-0.2, 0) is 10.1 Å². The Morgan fingerprint density at radius 3 is 2.34 bits per heavy atom. The minimum Gasteiger partial charge on any atom is -0.744 e. The summed E-state index contributed by atoms with van der Waals surface area (Å²) in [6, 6.07) is 25.7. The molecule has 5 aromatic rings. The van der Waals surface area contributed by atoms with E-state index in [0.717, 1.165) is 16.3 Å². The molecule has 32 heavy (non-hydrogen) atoms. The average molecular weight is 449 g/mol. The van der Waals surface area contributed by atoms with Crippen molar-refractivity contribution >= 4 is 44.1 Å². The molecule has 8 heteroatoms. The monoisotopic (exact) mass is 449 g/mol. The van der Waals surface area contributed by atoms with Crippen LogP contribution in [0.2, 0.25) is 0 Å². The second-order valence-electron chi connectivity index (χ2n) is 7.06. The van der Waals surface area contributed by atoms with Crippen LogP contribution in [0.3, 0.4) is 0 Å². The van der Waals surface area contributed by atoms with Gasteiger partial charge < -0.3 is 4.55 Å². The Bertz CT molecular complexity index is 1560. The van der Waals surface area contributed by atoms with Crippen LogP contribution in [-0.4, -0.2) is 28.0 Å². The molecule has 0 aliphatic rings. The van der Waals surface area contributed by atoms with Gasteiger partial charge in [-0.15, -0.1) is 10.2 Å². The van der Waals surface area contributed by atoms with Crippen molar-refractivity contribution in [1.82, 2.24) is 15.0 Å². The summed E-state index contributed by atoms with van der Waals surface area (Å²) in [5.74, 6) is 0. The van der Waals surface area contributed by atoms with Crippen LogP contribution in [0.4, 0.5) is 0 Å². The molecule has 0 unspecified atom stereocenters. The molecule has 0 amide bonds. The van der Waals surface area contributed by atoms with Crippen molar-refractivity contribution in [1.29, 1.82) is 0 Å². The minimum absolute atomic E-state index is 0. The molecule has 0 bridgehead atoms. The van der Waals surface area contributed by atoms with Gasteiger partial charge in [0.1, 0.15) is 21.2 Å². The first-order valence-corrected chi connectivity index (χ1v) is 11.0. The number of nitrogens with zero attached hydrogens (tertiary/aromatic N) is 3. The van der Waals surface area contributed by atoms with Gasteiger partial charge in [0, 0.05) is 5.39 Å². The molecule has 0 spiro atoms. The second kappa shape index (κ2) is 8.97. The maximum Gasteiger partial charge on any atom is 1.00 e. The molecule has 4 aromatic carbocycles. The fourth-order valence-corrected chi connectivity index (χ4v) is 4.21. The van der Waals surface area contributed by atoms with E-state index in [-0.39, 0.29) is 34.5 Å². The largest absolute Gasteiger partial charge is 1.00 e. The van der Waals surface area contributed by atoms with E-state index in [1.54, 1.807) is 24.3 Å². The molecule has 0 N–H and O–H groups in total. The molecule has 0 saturated heterocycles. The molecule has 0 fully saturated rings. The first-order valence-electron chi connectivity index (χ1n) is 9.57. The Hall–Kier alpha value is -2.81. The normalized spacial score (nSPS) is 11.8. The number of rotatable bonds is 4. The van der Waals surface area contributed by atoms with Crippen LogP contribution >= 0.6 is 0 Å². The van der Waals surface area contributed by atoms with Crippen molar-refractivity contribution in [3.63, 3.8) is 0 Å². The van der Waals surface area contributed by atoms with Crippen LogP contribution in [0.1, 0.15) is 11.1 Å². The van der Waals surface area contributed by atoms with E-state index >= 15 is 0 Å². The zero-order valence-corrected chi connectivity index (χ0v) is 20.0. The molecule has 0 saturated carbocycles. The van der Waals surface area contributed by atoms with Gasteiger partial charge >= 0.3 is 29.6 Å². The zero-order chi connectivity index (χ0) is 21.4. The van der Waals surface area contributed by atoms with Gasteiger partial charge in [-0.05, 0) is 34.7 Å². The van der Waals surface area contributed by atoms with E-state index in [1.165, 1.54) is 10.9 Å². The Balaban J connectivity index is 0.00000245. The quantitative estimate of drug-likeness (QED) is 0.237. The third-order valence-electron chi connectivity index (χ3n) is 5.03. The molecule has 0 atom stereocenters. The van der Waals surface area contributed by atoms with Gasteiger partial charge in [-0.3, -0.25) is 0 Å². The van der Waals surface area contributed by atoms with Crippen LogP contribution < -0.4 is 29.6 Å². The average Bonchev–Trinajstić information content (AvgIpc) is 3.23. The van der Waals surface area contributed by atoms with Crippen LogP contribution in [0.5, 0.6) is 0 Å². The molecule has 0 radical (unpaired) electrons. The first-order chi connectivity index (χ1) is 15.0. The van der Waals surface area contributed by atoms with Crippen molar-refractivity contribution in [2.24, 2.45) is 0 Å². The van der Waals surface area contributed by atoms with E-state index < -0.39 is 10.1 Å². The second-order valence-corrected chi connectivity index (χ2v) is 8.41. The molecule has 0 aliphatic carbocycles. The summed E-state index contributed by atoms with van der Waals surface area (Å²) < 4.78 is 35.9. The molecular weight excluding hydrogens is 433 g/mol. The smallest absolute Gasteiger partial charge is 0.744 e. The van der Waals surface area contributed by atoms with Crippen molar-refractivity contribution in [3.05, 3.63) is 96.1 Å². The van der Waals surface area contributed by atoms with Crippen LogP contribution in [0.25, 0.3) is 39.6 Å². The fourth-order valence-electron chi connectivity index (χ4n) is 3.52. The molecule has 1 heterocycles. The Morgan fingerprint density at radius 1 is 0.812 bits per heavy atom. The van der Waals surface area contributed by atoms with Gasteiger partial charge in [-0.2, -0.15) is 4.80 Å². The number of aromatic nitrogens is 3. The van der Waals surface area contributed by atoms with E-state index in [0.29, 0.717) is 22.3 Å². The van der Waals surface area contributed by atoms with Gasteiger partial charge in [0.2, 0.25) is 0 Å². The Morgan fingerprint density at radius 2 is 1.56 bits per heavy atom. The van der Waals surface area contributed by atoms with E-state index in [9.17, 15) is 13.0 Å². The maximum absolute atomic E-state index is 12.0. The number of benzene rings is 4. The van der Waals surface area contributed by atoms with Gasteiger partial charge in [-0.25, -0.2) is 8.42 Å². The summed E-state index contributed by atoms with van der Waals surface area (Å²) in [6.45, 7) is 0. The van der Waals surface area contributed by atoms with E-state index in [4.69, 9.17) is 0 Å². The van der Waals surface area contributed by atoms with Crippen molar-refractivity contribution < 1.29 is 42.5 Å². The summed E-state index contributed by atoms with van der Waals surface area (Å²) in [5, 5.41) is 11.0. The fraction of sp³-hybridized carbons (Fsp3) is 0. The summed E-state index contributed by atoms with van der Waals surface area (Å²) in [4.78, 5) is 1.04. The summed E-state index contributed by atoms with van der Waals surface area (Å²) in [6.07, 6.45) is 3.38. The zero-order valence-electron chi connectivity index (χ0n) is 17.2. The molecule has 6 nitrogen and oxygen atoms in total. The first kappa shape index (κ1) is 22.4. The van der Waals surface area contributed by atoms with Crippen molar-refractivity contribution in [2.75, 3.05) is 0 Å². The minimum atomic E-state index is -4.70. The number of hydrogen-bond acceptors (Lipinski definition) is 5. The number of fused-ring (bicyclic) bond motifs is 3. The van der Waals surface area contributed by atoms with Gasteiger partial charge in [-0.1, -0.05) is 78.9 Å². The Kier molecular flexibility index (Phi) is 6.28. The topological polar surface area (TPSA) is 87.9 Å². The maximum atomic E-state index is 12.0. The predicted molar refractivity (Wildman–Crippen MR) is 120 cm³/mol. The van der Waals surface area contributed by atoms with Gasteiger partial charge in [0.25, 0.3) is 0 Å². The third-order valence-corrected chi connectivity index (χ3v) is 5.92. The Labute approximate surface area is 207 Å². The standard InChI is InChI=1S/C24H17N3O3S.Na/c28-31(29,30)23-16-20(14-12-19(23)11-10-17-6-2-1-3-7-17)27-25-22-15-13-18-8-4-5-9-21(18)24(22)26-27;/h1-16H,(H,28,29,30);/q;+1/p-1/b11-10+;. The molecule has 152 valence electrons. The molecule has 0 aliphatic heterocycles. The predicted octanol–water partition coefficient (Wildman–Crippen LogP) is 1.65. The van der Waals surface area contributed by atoms with Crippen LogP contribution in [0.15, 0.2) is 89.8 Å². The van der Waals surface area contributed by atoms with Gasteiger partial charge in [0.15, 0.2) is 0 Å². The summed E-state index contributed by atoms with van der Waals surface area (Å²) >= 11 is 0. The summed E-state index contributed by atoms with van der Waals surface area (Å²) in [5.41, 5.74) is 2.99. The molecular formula is C24H16N3NaO3S. The molecule has 5 rings (SSSR count). The number of hydrogen-bond donors (Lipinski definition) is 0. The third kappa shape index (κ3) is 4.39. The molecule has 1 aromatic heterocycles. The van der Waals surface area contributed by atoms with E-state index in [1.807, 2.05) is 66.7 Å². The van der Waals surface area contributed by atoms with Crippen LogP contribution in [0, 0.1) is 0 Å².